The Labute approximate surface area is 107 Å². The molecule has 0 radical (unpaired) electrons. The highest BCUT2D eigenvalue weighted by molar-refractivity contribution is 5.95. The summed E-state index contributed by atoms with van der Waals surface area (Å²) in [6.45, 7) is 0. The normalized spacial score (nSPS) is 10.5. The minimum Gasteiger partial charge on any atom is -0.344 e. The second-order valence-electron chi connectivity index (χ2n) is 4.39. The Morgan fingerprint density at radius 3 is 2.17 bits per heavy atom. The second-order valence-corrected chi connectivity index (χ2v) is 4.39. The molecule has 1 heteroatoms. The fraction of sp³-hybridized carbons (Fsp3) is 0.0588. The molecule has 0 heterocycles. The summed E-state index contributed by atoms with van der Waals surface area (Å²) in [6.07, 6.45) is 0. The van der Waals surface area contributed by atoms with E-state index in [9.17, 15) is 0 Å². The van der Waals surface area contributed by atoms with Gasteiger partial charge in [-0.1, -0.05) is 54.6 Å². The first-order valence-corrected chi connectivity index (χ1v) is 6.13. The molecule has 0 aliphatic heterocycles. The molecule has 0 aliphatic carbocycles. The lowest BCUT2D eigenvalue weighted by Gasteiger charge is -2.21. The van der Waals surface area contributed by atoms with E-state index in [1.165, 1.54) is 22.1 Å². The van der Waals surface area contributed by atoms with Gasteiger partial charge in [0, 0.05) is 23.8 Å². The van der Waals surface area contributed by atoms with E-state index >= 15 is 0 Å². The van der Waals surface area contributed by atoms with Gasteiger partial charge in [-0.05, 0) is 23.6 Å². The summed E-state index contributed by atoms with van der Waals surface area (Å²) in [5.74, 6) is 0. The third-order valence-corrected chi connectivity index (χ3v) is 3.27. The monoisotopic (exact) mass is 233 g/mol. The molecule has 88 valence electrons. The Balaban J connectivity index is 2.15. The largest absolute Gasteiger partial charge is 0.344 e. The van der Waals surface area contributed by atoms with Crippen molar-refractivity contribution < 1.29 is 0 Å². The smallest absolute Gasteiger partial charge is 0.0487 e. The van der Waals surface area contributed by atoms with Gasteiger partial charge in [-0.3, -0.25) is 0 Å². The van der Waals surface area contributed by atoms with Crippen molar-refractivity contribution in [3.05, 3.63) is 72.8 Å². The van der Waals surface area contributed by atoms with Crippen molar-refractivity contribution >= 4 is 22.1 Å². The van der Waals surface area contributed by atoms with E-state index in [0.29, 0.717) is 0 Å². The third kappa shape index (κ3) is 1.84. The lowest BCUT2D eigenvalue weighted by Crippen LogP contribution is -2.09. The van der Waals surface area contributed by atoms with E-state index in [-0.39, 0.29) is 0 Å². The van der Waals surface area contributed by atoms with Crippen LogP contribution < -0.4 is 4.90 Å². The first kappa shape index (κ1) is 10.8. The van der Waals surface area contributed by atoms with Crippen molar-refractivity contribution in [1.29, 1.82) is 0 Å². The minimum absolute atomic E-state index is 1.20. The van der Waals surface area contributed by atoms with Gasteiger partial charge >= 0.3 is 0 Å². The van der Waals surface area contributed by atoms with Crippen LogP contribution in [0, 0.1) is 0 Å². The van der Waals surface area contributed by atoms with E-state index in [0.717, 1.165) is 0 Å². The summed E-state index contributed by atoms with van der Waals surface area (Å²) in [5.41, 5.74) is 2.44. The van der Waals surface area contributed by atoms with Crippen LogP contribution in [0.3, 0.4) is 0 Å². The molecule has 1 nitrogen and oxygen atoms in total. The van der Waals surface area contributed by atoms with Gasteiger partial charge in [0.1, 0.15) is 0 Å². The second kappa shape index (κ2) is 4.53. The Kier molecular flexibility index (Phi) is 2.73. The Hall–Kier alpha value is -2.28. The van der Waals surface area contributed by atoms with E-state index in [4.69, 9.17) is 0 Å². The average molecular weight is 233 g/mol. The van der Waals surface area contributed by atoms with Gasteiger partial charge in [0.25, 0.3) is 0 Å². The number of benzene rings is 3. The van der Waals surface area contributed by atoms with Gasteiger partial charge in [-0.2, -0.15) is 0 Å². The molecule has 0 bridgehead atoms. The number of hydrogen-bond donors (Lipinski definition) is 0. The van der Waals surface area contributed by atoms with Crippen molar-refractivity contribution in [3.63, 3.8) is 0 Å². The van der Waals surface area contributed by atoms with Crippen molar-refractivity contribution in [2.24, 2.45) is 0 Å². The third-order valence-electron chi connectivity index (χ3n) is 3.27. The van der Waals surface area contributed by atoms with Crippen LogP contribution in [-0.4, -0.2) is 7.05 Å². The Bertz CT molecular complexity index is 653. The van der Waals surface area contributed by atoms with Gasteiger partial charge in [-0.15, -0.1) is 0 Å². The van der Waals surface area contributed by atoms with Crippen LogP contribution in [0.25, 0.3) is 10.8 Å². The van der Waals surface area contributed by atoms with E-state index in [1.54, 1.807) is 0 Å². The Morgan fingerprint density at radius 1 is 0.667 bits per heavy atom. The molecule has 3 aromatic rings. The van der Waals surface area contributed by atoms with Crippen molar-refractivity contribution in [3.8, 4) is 0 Å². The molecule has 0 atom stereocenters. The molecular formula is C17H15N. The van der Waals surface area contributed by atoms with Crippen molar-refractivity contribution in [2.75, 3.05) is 11.9 Å². The van der Waals surface area contributed by atoms with Crippen LogP contribution in [-0.2, 0) is 0 Å². The van der Waals surface area contributed by atoms with Gasteiger partial charge in [-0.25, -0.2) is 0 Å². The molecule has 3 aromatic carbocycles. The molecule has 0 aliphatic rings. The fourth-order valence-corrected chi connectivity index (χ4v) is 2.29. The number of anilines is 2. The molecule has 0 N–H and O–H groups in total. The van der Waals surface area contributed by atoms with E-state index < -0.39 is 0 Å². The quantitative estimate of drug-likeness (QED) is 0.625. The van der Waals surface area contributed by atoms with E-state index in [1.807, 2.05) is 6.07 Å². The predicted octanol–water partition coefficient (Wildman–Crippen LogP) is 4.61. The zero-order valence-corrected chi connectivity index (χ0v) is 10.4. The van der Waals surface area contributed by atoms with Crippen molar-refractivity contribution in [1.82, 2.24) is 0 Å². The van der Waals surface area contributed by atoms with Gasteiger partial charge in [0.15, 0.2) is 0 Å². The molecule has 0 aromatic heterocycles. The van der Waals surface area contributed by atoms with E-state index in [2.05, 4.69) is 78.7 Å². The molecule has 0 spiro atoms. The number of hydrogen-bond acceptors (Lipinski definition) is 1. The lowest BCUT2D eigenvalue weighted by atomic mass is 10.1. The number of nitrogens with zero attached hydrogens (tertiary/aromatic N) is 1. The van der Waals surface area contributed by atoms with Crippen molar-refractivity contribution in [2.45, 2.75) is 0 Å². The first-order chi connectivity index (χ1) is 8.86. The topological polar surface area (TPSA) is 3.24 Å². The molecule has 0 unspecified atom stereocenters. The number of para-hydroxylation sites is 1. The van der Waals surface area contributed by atoms with Crippen LogP contribution in [0.2, 0.25) is 0 Å². The van der Waals surface area contributed by atoms with Crippen LogP contribution in [0.4, 0.5) is 11.4 Å². The van der Waals surface area contributed by atoms with Gasteiger partial charge in [0.05, 0.1) is 0 Å². The molecule has 0 amide bonds. The highest BCUT2D eigenvalue weighted by Gasteiger charge is 2.06. The lowest BCUT2D eigenvalue weighted by molar-refractivity contribution is 1.22. The number of rotatable bonds is 2. The summed E-state index contributed by atoms with van der Waals surface area (Å²) < 4.78 is 0. The number of fused-ring (bicyclic) bond motifs is 1. The summed E-state index contributed by atoms with van der Waals surface area (Å²) in [6, 6.07) is 25.3. The summed E-state index contributed by atoms with van der Waals surface area (Å²) in [5, 5.41) is 2.56. The highest BCUT2D eigenvalue weighted by Crippen LogP contribution is 2.30. The summed E-state index contributed by atoms with van der Waals surface area (Å²) in [4.78, 5) is 2.22. The van der Waals surface area contributed by atoms with Crippen LogP contribution in [0.15, 0.2) is 72.8 Å². The predicted molar refractivity (Wildman–Crippen MR) is 78.5 cm³/mol. The van der Waals surface area contributed by atoms with Gasteiger partial charge in [0.2, 0.25) is 0 Å². The standard InChI is InChI=1S/C17H15N/c1-18(15-10-3-2-4-11-15)17-13-7-9-14-8-5-6-12-16(14)17/h2-13H,1H3. The van der Waals surface area contributed by atoms with Crippen LogP contribution in [0.5, 0.6) is 0 Å². The Morgan fingerprint density at radius 2 is 1.33 bits per heavy atom. The zero-order valence-electron chi connectivity index (χ0n) is 10.4. The molecule has 0 fully saturated rings. The molecule has 0 saturated heterocycles. The molecule has 18 heavy (non-hydrogen) atoms. The zero-order chi connectivity index (χ0) is 12.4. The highest BCUT2D eigenvalue weighted by atomic mass is 15.1. The minimum atomic E-state index is 1.20. The first-order valence-electron chi connectivity index (χ1n) is 6.13. The SMILES string of the molecule is CN(c1ccccc1)c1cccc2ccccc12. The maximum Gasteiger partial charge on any atom is 0.0487 e. The van der Waals surface area contributed by atoms with Crippen LogP contribution >= 0.6 is 0 Å². The summed E-state index contributed by atoms with van der Waals surface area (Å²) in [7, 11) is 2.11. The van der Waals surface area contributed by atoms with Crippen LogP contribution in [0.1, 0.15) is 0 Å². The average Bonchev–Trinajstić information content (AvgIpc) is 2.47. The maximum atomic E-state index is 2.22. The molecular weight excluding hydrogens is 218 g/mol. The molecule has 3 rings (SSSR count). The molecule has 0 saturated carbocycles. The fourth-order valence-electron chi connectivity index (χ4n) is 2.29. The summed E-state index contributed by atoms with van der Waals surface area (Å²) >= 11 is 0. The van der Waals surface area contributed by atoms with Gasteiger partial charge < -0.3 is 4.90 Å². The maximum absolute atomic E-state index is 2.22.